The summed E-state index contributed by atoms with van der Waals surface area (Å²) in [6.45, 7) is 6.93. The molecule has 2 aromatic rings. The number of aliphatic hydroxyl groups is 1. The first-order valence-electron chi connectivity index (χ1n) is 10.9. The minimum absolute atomic E-state index is 0.295. The maximum absolute atomic E-state index is 13.0. The molecule has 1 aliphatic heterocycles. The molecule has 5 nitrogen and oxygen atoms in total. The molecule has 1 fully saturated rings. The molecule has 1 N–H and O–H groups in total. The first kappa shape index (κ1) is 23.0. The molecule has 0 saturated carbocycles. The van der Waals surface area contributed by atoms with Crippen molar-refractivity contribution in [3.8, 4) is 0 Å². The van der Waals surface area contributed by atoms with Crippen molar-refractivity contribution in [3.05, 3.63) is 35.2 Å². The van der Waals surface area contributed by atoms with Gasteiger partial charge in [-0.25, -0.2) is 4.79 Å². The average Bonchev–Trinajstić information content (AvgIpc) is 3.15. The molecule has 0 unspecified atom stereocenters. The summed E-state index contributed by atoms with van der Waals surface area (Å²) < 4.78 is 12.1. The van der Waals surface area contributed by atoms with Crippen molar-refractivity contribution in [2.45, 2.75) is 76.5 Å². The summed E-state index contributed by atoms with van der Waals surface area (Å²) in [5, 5.41) is 13.3. The monoisotopic (exact) mass is 433 g/mol. The van der Waals surface area contributed by atoms with E-state index in [-0.39, 0.29) is 12.1 Å². The number of hydrogen-bond acceptors (Lipinski definition) is 5. The van der Waals surface area contributed by atoms with Crippen LogP contribution < -0.4 is 0 Å². The van der Waals surface area contributed by atoms with Gasteiger partial charge in [-0.2, -0.15) is 0 Å². The third kappa shape index (κ3) is 5.34. The van der Waals surface area contributed by atoms with Crippen LogP contribution in [0.3, 0.4) is 0 Å². The van der Waals surface area contributed by atoms with E-state index in [1.165, 1.54) is 0 Å². The molecule has 1 aliphatic rings. The third-order valence-electron chi connectivity index (χ3n) is 5.69. The van der Waals surface area contributed by atoms with Crippen molar-refractivity contribution < 1.29 is 19.4 Å². The lowest BCUT2D eigenvalue weighted by atomic mass is 9.81. The number of amides is 1. The number of nitrogens with zero attached hydrogens (tertiary/aromatic N) is 1. The van der Waals surface area contributed by atoms with Crippen LogP contribution in [0.1, 0.15) is 64.2 Å². The molecule has 1 aromatic carbocycles. The van der Waals surface area contributed by atoms with Gasteiger partial charge in [0.15, 0.2) is 0 Å². The largest absolute Gasteiger partial charge is 0.444 e. The summed E-state index contributed by atoms with van der Waals surface area (Å²) in [6, 6.07) is 10.0. The Morgan fingerprint density at radius 1 is 1.23 bits per heavy atom. The number of fused-ring (bicyclic) bond motifs is 1. The summed E-state index contributed by atoms with van der Waals surface area (Å²) in [6.07, 6.45) is 4.67. The summed E-state index contributed by atoms with van der Waals surface area (Å²) in [5.74, 6) is 0. The van der Waals surface area contributed by atoms with Crippen LogP contribution >= 0.6 is 11.3 Å². The number of likely N-dealkylation sites (tertiary alicyclic amines) is 1. The van der Waals surface area contributed by atoms with E-state index in [1.54, 1.807) is 23.3 Å². The number of thiophene rings is 1. The molecule has 2 heterocycles. The molecule has 2 atom stereocenters. The minimum Gasteiger partial charge on any atom is -0.444 e. The number of piperidine rings is 1. The number of rotatable bonds is 7. The number of carbonyl (C=O) groups is 1. The van der Waals surface area contributed by atoms with Gasteiger partial charge >= 0.3 is 6.09 Å². The Balaban J connectivity index is 1.95. The van der Waals surface area contributed by atoms with Crippen LogP contribution in [-0.4, -0.2) is 48.0 Å². The number of hydrogen-bond donors (Lipinski definition) is 1. The predicted molar refractivity (Wildman–Crippen MR) is 122 cm³/mol. The molecule has 1 amide bonds. The zero-order chi connectivity index (χ0) is 21.8. The summed E-state index contributed by atoms with van der Waals surface area (Å²) in [5.41, 5.74) is -1.66. The highest BCUT2D eigenvalue weighted by Gasteiger charge is 2.46. The SMILES string of the molecule is COCCCC[C@@](O)(c1cc2ccccc2s1)[C@H]1CCCCN1C(=O)OC(C)(C)C. The fourth-order valence-corrected chi connectivity index (χ4v) is 5.49. The number of carbonyl (C=O) groups excluding carboxylic acids is 1. The standard InChI is InChI=1S/C24H35NO4S/c1-23(2,3)29-22(26)25-15-9-7-13-20(25)24(27,14-8-10-16-28-4)21-17-18-11-5-6-12-19(18)30-21/h5-6,11-12,17,20,27H,7-10,13-16H2,1-4H3/t20-,24+/m1/s1. The lowest BCUT2D eigenvalue weighted by Gasteiger charge is -2.45. The van der Waals surface area contributed by atoms with Gasteiger partial charge in [0.2, 0.25) is 0 Å². The highest BCUT2D eigenvalue weighted by atomic mass is 32.1. The highest BCUT2D eigenvalue weighted by Crippen LogP contribution is 2.43. The quantitative estimate of drug-likeness (QED) is 0.570. The smallest absolute Gasteiger partial charge is 0.410 e. The second kappa shape index (κ2) is 9.67. The number of ether oxygens (including phenoxy) is 2. The van der Waals surface area contributed by atoms with Gasteiger partial charge in [0.1, 0.15) is 11.2 Å². The van der Waals surface area contributed by atoms with Crippen molar-refractivity contribution in [1.29, 1.82) is 0 Å². The van der Waals surface area contributed by atoms with Crippen LogP contribution in [0.2, 0.25) is 0 Å². The molecule has 1 saturated heterocycles. The van der Waals surface area contributed by atoms with Gasteiger partial charge in [-0.15, -0.1) is 11.3 Å². The van der Waals surface area contributed by atoms with Crippen molar-refractivity contribution >= 4 is 27.5 Å². The maximum atomic E-state index is 13.0. The lowest BCUT2D eigenvalue weighted by molar-refractivity contribution is -0.0772. The number of methoxy groups -OCH3 is 1. The molecule has 6 heteroatoms. The van der Waals surface area contributed by atoms with Gasteiger partial charge in [-0.3, -0.25) is 0 Å². The Labute approximate surface area is 184 Å². The molecule has 0 bridgehead atoms. The van der Waals surface area contributed by atoms with Crippen LogP contribution in [0, 0.1) is 0 Å². The van der Waals surface area contributed by atoms with E-state index in [0.717, 1.165) is 47.1 Å². The van der Waals surface area contributed by atoms with Crippen LogP contribution in [0.25, 0.3) is 10.1 Å². The molecule has 30 heavy (non-hydrogen) atoms. The Kier molecular flexibility index (Phi) is 7.43. The van der Waals surface area contributed by atoms with E-state index in [0.29, 0.717) is 19.6 Å². The first-order valence-corrected chi connectivity index (χ1v) is 11.8. The van der Waals surface area contributed by atoms with Gasteiger partial charge in [-0.1, -0.05) is 18.2 Å². The Morgan fingerprint density at radius 2 is 2.00 bits per heavy atom. The fourth-order valence-electron chi connectivity index (χ4n) is 4.26. The van der Waals surface area contributed by atoms with Crippen LogP contribution in [0.4, 0.5) is 4.79 Å². The zero-order valence-electron chi connectivity index (χ0n) is 18.6. The fraction of sp³-hybridized carbons (Fsp3) is 0.625. The summed E-state index contributed by atoms with van der Waals surface area (Å²) in [7, 11) is 1.70. The lowest BCUT2D eigenvalue weighted by Crippen LogP contribution is -2.56. The molecule has 0 spiro atoms. The molecular formula is C24H35NO4S. The third-order valence-corrected chi connectivity index (χ3v) is 6.97. The molecule has 3 rings (SSSR count). The van der Waals surface area contributed by atoms with E-state index >= 15 is 0 Å². The maximum Gasteiger partial charge on any atom is 0.410 e. The van der Waals surface area contributed by atoms with E-state index in [9.17, 15) is 9.90 Å². The summed E-state index contributed by atoms with van der Waals surface area (Å²) >= 11 is 1.63. The van der Waals surface area contributed by atoms with Crippen molar-refractivity contribution in [2.75, 3.05) is 20.3 Å². The van der Waals surface area contributed by atoms with E-state index in [2.05, 4.69) is 18.2 Å². The van der Waals surface area contributed by atoms with E-state index in [4.69, 9.17) is 9.47 Å². The molecule has 0 aliphatic carbocycles. The van der Waals surface area contributed by atoms with E-state index < -0.39 is 11.2 Å². The molecular weight excluding hydrogens is 398 g/mol. The molecule has 0 radical (unpaired) electrons. The Bertz CT molecular complexity index is 810. The van der Waals surface area contributed by atoms with Crippen molar-refractivity contribution in [2.24, 2.45) is 0 Å². The van der Waals surface area contributed by atoms with E-state index in [1.807, 2.05) is 32.9 Å². The number of unbranched alkanes of at least 4 members (excludes halogenated alkanes) is 1. The second-order valence-corrected chi connectivity index (χ2v) is 10.3. The predicted octanol–water partition coefficient (Wildman–Crippen LogP) is 5.70. The minimum atomic E-state index is -1.10. The van der Waals surface area contributed by atoms with Gasteiger partial charge in [0.25, 0.3) is 0 Å². The van der Waals surface area contributed by atoms with Crippen LogP contribution in [-0.2, 0) is 15.1 Å². The van der Waals surface area contributed by atoms with Crippen molar-refractivity contribution in [1.82, 2.24) is 4.90 Å². The van der Waals surface area contributed by atoms with Crippen LogP contribution in [0.15, 0.2) is 30.3 Å². The Hall–Kier alpha value is -1.63. The van der Waals surface area contributed by atoms with Crippen molar-refractivity contribution in [3.63, 3.8) is 0 Å². The number of benzene rings is 1. The topological polar surface area (TPSA) is 59.0 Å². The average molecular weight is 434 g/mol. The Morgan fingerprint density at radius 3 is 2.70 bits per heavy atom. The first-order chi connectivity index (χ1) is 14.2. The zero-order valence-corrected chi connectivity index (χ0v) is 19.5. The summed E-state index contributed by atoms with van der Waals surface area (Å²) in [4.78, 5) is 15.7. The molecule has 1 aromatic heterocycles. The molecule has 166 valence electrons. The normalized spacial score (nSPS) is 19.6. The van der Waals surface area contributed by atoms with Gasteiger partial charge in [0.05, 0.1) is 6.04 Å². The van der Waals surface area contributed by atoms with Crippen LogP contribution in [0.5, 0.6) is 0 Å². The van der Waals surface area contributed by atoms with Gasteiger partial charge in [0, 0.05) is 29.8 Å². The highest BCUT2D eigenvalue weighted by molar-refractivity contribution is 7.19. The van der Waals surface area contributed by atoms with Gasteiger partial charge < -0.3 is 19.5 Å². The van der Waals surface area contributed by atoms with Gasteiger partial charge in [-0.05, 0) is 76.8 Å². The second-order valence-electron chi connectivity index (χ2n) is 9.21.